The van der Waals surface area contributed by atoms with E-state index < -0.39 is 0 Å². The van der Waals surface area contributed by atoms with Crippen molar-refractivity contribution in [1.29, 1.82) is 0 Å². The highest BCUT2D eigenvalue weighted by molar-refractivity contribution is 6.04. The Hall–Kier alpha value is -2.37. The van der Waals surface area contributed by atoms with Gasteiger partial charge < -0.3 is 15.8 Å². The summed E-state index contributed by atoms with van der Waals surface area (Å²) in [5.74, 6) is 0.694. The van der Waals surface area contributed by atoms with Gasteiger partial charge in [-0.3, -0.25) is 9.69 Å². The lowest BCUT2D eigenvalue weighted by Gasteiger charge is -2.26. The molecule has 26 heavy (non-hydrogen) atoms. The maximum absolute atomic E-state index is 12.3. The average molecular weight is 353 g/mol. The Morgan fingerprint density at radius 1 is 1.00 bits per heavy atom. The molecule has 5 nitrogen and oxygen atoms in total. The van der Waals surface area contributed by atoms with Gasteiger partial charge in [0, 0.05) is 24.3 Å². The number of amides is 1. The molecule has 0 aliphatic carbocycles. The van der Waals surface area contributed by atoms with Crippen molar-refractivity contribution < 1.29 is 9.53 Å². The van der Waals surface area contributed by atoms with Crippen LogP contribution in [0.5, 0.6) is 5.75 Å². The minimum absolute atomic E-state index is 0.132. The van der Waals surface area contributed by atoms with E-state index in [4.69, 9.17) is 10.5 Å². The molecule has 1 saturated heterocycles. The highest BCUT2D eigenvalue weighted by Crippen LogP contribution is 2.17. The lowest BCUT2D eigenvalue weighted by Crippen LogP contribution is -2.33. The van der Waals surface area contributed by atoms with E-state index >= 15 is 0 Å². The van der Waals surface area contributed by atoms with Crippen LogP contribution in [0.4, 0.5) is 5.69 Å². The van der Waals surface area contributed by atoms with Gasteiger partial charge in [0.15, 0.2) is 0 Å². The maximum atomic E-state index is 12.3. The fourth-order valence-electron chi connectivity index (χ4n) is 3.11. The predicted octanol–water partition coefficient (Wildman–Crippen LogP) is 3.26. The molecule has 0 spiro atoms. The van der Waals surface area contributed by atoms with Crippen LogP contribution >= 0.6 is 0 Å². The van der Waals surface area contributed by atoms with Crippen LogP contribution in [-0.2, 0) is 6.54 Å². The van der Waals surface area contributed by atoms with Crippen LogP contribution in [0.25, 0.3) is 0 Å². The number of nitrogens with one attached hydrogen (secondary N) is 1. The fourth-order valence-corrected chi connectivity index (χ4v) is 3.11. The summed E-state index contributed by atoms with van der Waals surface area (Å²) < 4.78 is 5.81. The molecule has 0 radical (unpaired) electrons. The number of carbonyl (C=O) groups excluding carboxylic acids is 1. The summed E-state index contributed by atoms with van der Waals surface area (Å²) >= 11 is 0. The standard InChI is InChI=1S/C21H27N3O2/c22-16-17-4-6-18(7-5-17)21(25)23-19-8-10-20(11-9-19)26-15-14-24-12-2-1-3-13-24/h4-11H,1-3,12-16,22H2,(H,23,25). The van der Waals surface area contributed by atoms with Crippen LogP contribution in [0.15, 0.2) is 48.5 Å². The Morgan fingerprint density at radius 2 is 1.69 bits per heavy atom. The molecule has 2 aromatic carbocycles. The van der Waals surface area contributed by atoms with Gasteiger partial charge in [0.05, 0.1) is 0 Å². The first-order valence-corrected chi connectivity index (χ1v) is 9.30. The first-order chi connectivity index (χ1) is 12.7. The molecule has 0 saturated carbocycles. The Kier molecular flexibility index (Phi) is 6.63. The number of nitrogens with two attached hydrogens (primary N) is 1. The Morgan fingerprint density at radius 3 is 2.35 bits per heavy atom. The van der Waals surface area contributed by atoms with E-state index in [9.17, 15) is 4.79 Å². The van der Waals surface area contributed by atoms with Crippen molar-refractivity contribution in [3.63, 3.8) is 0 Å². The molecular weight excluding hydrogens is 326 g/mol. The van der Waals surface area contributed by atoms with Crippen molar-refractivity contribution in [2.24, 2.45) is 5.73 Å². The lowest BCUT2D eigenvalue weighted by atomic mass is 10.1. The Bertz CT molecular complexity index is 692. The molecule has 3 N–H and O–H groups in total. The molecule has 1 fully saturated rings. The number of benzene rings is 2. The van der Waals surface area contributed by atoms with Crippen LogP contribution in [-0.4, -0.2) is 37.0 Å². The maximum Gasteiger partial charge on any atom is 0.255 e. The lowest BCUT2D eigenvalue weighted by molar-refractivity contribution is 0.102. The fraction of sp³-hybridized carbons (Fsp3) is 0.381. The topological polar surface area (TPSA) is 67.6 Å². The number of hydrogen-bond acceptors (Lipinski definition) is 4. The zero-order valence-corrected chi connectivity index (χ0v) is 15.1. The molecule has 1 heterocycles. The van der Waals surface area contributed by atoms with E-state index in [2.05, 4.69) is 10.2 Å². The number of piperidine rings is 1. The van der Waals surface area contributed by atoms with Gasteiger partial charge in [-0.1, -0.05) is 18.6 Å². The van der Waals surface area contributed by atoms with Crippen molar-refractivity contribution >= 4 is 11.6 Å². The molecule has 0 aromatic heterocycles. The average Bonchev–Trinajstić information content (AvgIpc) is 2.70. The molecule has 3 rings (SSSR count). The van der Waals surface area contributed by atoms with E-state index in [1.165, 1.54) is 32.4 Å². The number of likely N-dealkylation sites (tertiary alicyclic amines) is 1. The number of ether oxygens (including phenoxy) is 1. The van der Waals surface area contributed by atoms with E-state index in [0.29, 0.717) is 18.7 Å². The molecule has 2 aromatic rings. The molecule has 0 unspecified atom stereocenters. The second-order valence-corrected chi connectivity index (χ2v) is 6.63. The first kappa shape index (κ1) is 18.4. The molecule has 138 valence electrons. The molecular formula is C21H27N3O2. The summed E-state index contributed by atoms with van der Waals surface area (Å²) in [6.45, 7) is 4.50. The van der Waals surface area contributed by atoms with E-state index in [-0.39, 0.29) is 5.91 Å². The molecule has 5 heteroatoms. The van der Waals surface area contributed by atoms with Crippen molar-refractivity contribution in [3.05, 3.63) is 59.7 Å². The molecule has 1 amide bonds. The van der Waals surface area contributed by atoms with Crippen molar-refractivity contribution in [3.8, 4) is 5.75 Å². The zero-order chi connectivity index (χ0) is 18.2. The normalized spacial score (nSPS) is 14.8. The number of carbonyl (C=O) groups is 1. The predicted molar refractivity (Wildman–Crippen MR) is 105 cm³/mol. The highest BCUT2D eigenvalue weighted by atomic mass is 16.5. The third-order valence-corrected chi connectivity index (χ3v) is 4.69. The monoisotopic (exact) mass is 353 g/mol. The number of nitrogens with zero attached hydrogens (tertiary/aromatic N) is 1. The highest BCUT2D eigenvalue weighted by Gasteiger charge is 2.10. The van der Waals surface area contributed by atoms with Gasteiger partial charge in [-0.15, -0.1) is 0 Å². The summed E-state index contributed by atoms with van der Waals surface area (Å²) in [7, 11) is 0. The summed E-state index contributed by atoms with van der Waals surface area (Å²) in [6.07, 6.45) is 3.94. The number of rotatable bonds is 7. The van der Waals surface area contributed by atoms with Gasteiger partial charge in [0.25, 0.3) is 5.91 Å². The van der Waals surface area contributed by atoms with E-state index in [0.717, 1.165) is 23.5 Å². The van der Waals surface area contributed by atoms with Gasteiger partial charge in [-0.2, -0.15) is 0 Å². The van der Waals surface area contributed by atoms with E-state index in [1.807, 2.05) is 36.4 Å². The smallest absolute Gasteiger partial charge is 0.255 e. The van der Waals surface area contributed by atoms with Gasteiger partial charge in [0.1, 0.15) is 12.4 Å². The van der Waals surface area contributed by atoms with Crippen LogP contribution < -0.4 is 15.8 Å². The Balaban J connectivity index is 1.46. The Labute approximate surface area is 155 Å². The third-order valence-electron chi connectivity index (χ3n) is 4.69. The van der Waals surface area contributed by atoms with Gasteiger partial charge in [-0.05, 0) is 67.9 Å². The van der Waals surface area contributed by atoms with Crippen molar-refractivity contribution in [2.45, 2.75) is 25.8 Å². The second kappa shape index (κ2) is 9.36. The van der Waals surface area contributed by atoms with Crippen LogP contribution in [0.2, 0.25) is 0 Å². The van der Waals surface area contributed by atoms with Gasteiger partial charge >= 0.3 is 0 Å². The van der Waals surface area contributed by atoms with Gasteiger partial charge in [0.2, 0.25) is 0 Å². The number of anilines is 1. The number of hydrogen-bond donors (Lipinski definition) is 2. The minimum Gasteiger partial charge on any atom is -0.492 e. The second-order valence-electron chi connectivity index (χ2n) is 6.63. The summed E-state index contributed by atoms with van der Waals surface area (Å²) in [6, 6.07) is 14.8. The van der Waals surface area contributed by atoms with E-state index in [1.54, 1.807) is 12.1 Å². The van der Waals surface area contributed by atoms with Crippen LogP contribution in [0.1, 0.15) is 35.2 Å². The largest absolute Gasteiger partial charge is 0.492 e. The SMILES string of the molecule is NCc1ccc(C(=O)Nc2ccc(OCCN3CCCCC3)cc2)cc1. The van der Waals surface area contributed by atoms with Crippen LogP contribution in [0, 0.1) is 0 Å². The van der Waals surface area contributed by atoms with Crippen LogP contribution in [0.3, 0.4) is 0 Å². The quantitative estimate of drug-likeness (QED) is 0.802. The third kappa shape index (κ3) is 5.31. The summed E-state index contributed by atoms with van der Waals surface area (Å²) in [5, 5.41) is 2.90. The first-order valence-electron chi connectivity index (χ1n) is 9.30. The van der Waals surface area contributed by atoms with Crippen molar-refractivity contribution in [2.75, 3.05) is 31.6 Å². The van der Waals surface area contributed by atoms with Gasteiger partial charge in [-0.25, -0.2) is 0 Å². The summed E-state index contributed by atoms with van der Waals surface area (Å²) in [4.78, 5) is 14.7. The van der Waals surface area contributed by atoms with Crippen molar-refractivity contribution in [1.82, 2.24) is 4.90 Å². The zero-order valence-electron chi connectivity index (χ0n) is 15.1. The molecule has 0 atom stereocenters. The molecule has 0 bridgehead atoms. The summed E-state index contributed by atoms with van der Waals surface area (Å²) in [5.41, 5.74) is 7.95. The molecule has 1 aliphatic heterocycles. The molecule has 1 aliphatic rings. The minimum atomic E-state index is -0.132.